The van der Waals surface area contributed by atoms with Gasteiger partial charge in [-0.15, -0.1) is 0 Å². The van der Waals surface area contributed by atoms with E-state index in [0.717, 1.165) is 12.8 Å². The summed E-state index contributed by atoms with van der Waals surface area (Å²) in [5.74, 6) is -0.505. The number of ether oxygens (including phenoxy) is 1. The number of carbonyl (C=O) groups excluding carboxylic acids is 1. The molecule has 0 aliphatic carbocycles. The Labute approximate surface area is 203 Å². The van der Waals surface area contributed by atoms with Crippen molar-refractivity contribution in [2.24, 2.45) is 0 Å². The quantitative estimate of drug-likeness (QED) is 0.274. The molecule has 0 spiro atoms. The molecule has 23 heavy (non-hydrogen) atoms. The molecule has 0 saturated carbocycles. The molecule has 0 aromatic heterocycles. The van der Waals surface area contributed by atoms with E-state index in [-0.39, 0.29) is 68.9 Å². The van der Waals surface area contributed by atoms with Gasteiger partial charge < -0.3 is 9.84 Å². The van der Waals surface area contributed by atoms with Gasteiger partial charge in [-0.1, -0.05) is 90.4 Å². The van der Waals surface area contributed by atoms with E-state index in [1.807, 2.05) is 0 Å². The van der Waals surface area contributed by atoms with Crippen LogP contribution in [0.1, 0.15) is 104 Å². The molecule has 1 atom stereocenters. The van der Waals surface area contributed by atoms with Crippen molar-refractivity contribution in [3.05, 3.63) is 0 Å². The predicted molar refractivity (Wildman–Crippen MR) is 100 cm³/mol. The van der Waals surface area contributed by atoms with Crippen molar-refractivity contribution < 1.29 is 14.6 Å². The number of hydrogen-bond acceptors (Lipinski definition) is 3. The zero-order valence-electron chi connectivity index (χ0n) is 14.9. The summed E-state index contributed by atoms with van der Waals surface area (Å²) in [6.07, 6.45) is 17.5. The fourth-order valence-electron chi connectivity index (χ4n) is 2.59. The molecule has 1 unspecified atom stereocenters. The third kappa shape index (κ3) is 21.4. The van der Waals surface area contributed by atoms with Gasteiger partial charge in [-0.2, -0.15) is 0 Å². The van der Waals surface area contributed by atoms with Gasteiger partial charge in [0.2, 0.25) is 0 Å². The second-order valence-corrected chi connectivity index (χ2v) is 6.44. The molecular weight excluding hydrogens is 409 g/mol. The summed E-state index contributed by atoms with van der Waals surface area (Å²) in [6, 6.07) is 0. The van der Waals surface area contributed by atoms with Gasteiger partial charge in [0.15, 0.2) is 0 Å². The molecular formula is C19H39CsO3. The van der Waals surface area contributed by atoms with Crippen molar-refractivity contribution in [2.75, 3.05) is 6.61 Å². The first kappa shape index (κ1) is 26.7. The first-order valence-electron chi connectivity index (χ1n) is 9.53. The van der Waals surface area contributed by atoms with Gasteiger partial charge in [-0.3, -0.25) is 0 Å². The SMILES string of the molecule is CCCCCCCCCCCCCCCCOC(=O)C(C)O.[CsH]. The van der Waals surface area contributed by atoms with Crippen LogP contribution in [0.25, 0.3) is 0 Å². The Kier molecular flexibility index (Phi) is 25.0. The minimum absolute atomic E-state index is 0. The van der Waals surface area contributed by atoms with Crippen LogP contribution >= 0.6 is 0 Å². The normalized spacial score (nSPS) is 11.8. The molecule has 0 bridgehead atoms. The zero-order valence-corrected chi connectivity index (χ0v) is 14.9. The van der Waals surface area contributed by atoms with Crippen LogP contribution in [0.3, 0.4) is 0 Å². The summed E-state index contributed by atoms with van der Waals surface area (Å²) >= 11 is 0. The number of unbranched alkanes of at least 4 members (excludes halogenated alkanes) is 13. The summed E-state index contributed by atoms with van der Waals surface area (Å²) in [7, 11) is 0. The Morgan fingerprint density at radius 3 is 1.48 bits per heavy atom. The third-order valence-corrected chi connectivity index (χ3v) is 4.08. The fourth-order valence-corrected chi connectivity index (χ4v) is 2.59. The van der Waals surface area contributed by atoms with Gasteiger partial charge in [-0.05, 0) is 13.3 Å². The van der Waals surface area contributed by atoms with Crippen LogP contribution in [0.2, 0.25) is 0 Å². The molecule has 0 aromatic rings. The number of rotatable bonds is 16. The van der Waals surface area contributed by atoms with E-state index >= 15 is 0 Å². The topological polar surface area (TPSA) is 46.5 Å². The molecule has 4 heteroatoms. The first-order valence-corrected chi connectivity index (χ1v) is 9.53. The molecule has 134 valence electrons. The number of carbonyl (C=O) groups is 1. The van der Waals surface area contributed by atoms with E-state index in [9.17, 15) is 4.79 Å². The Morgan fingerprint density at radius 2 is 1.13 bits per heavy atom. The maximum absolute atomic E-state index is 11.0. The molecule has 0 amide bonds. The van der Waals surface area contributed by atoms with Gasteiger partial charge in [0.1, 0.15) is 6.10 Å². The van der Waals surface area contributed by atoms with Gasteiger partial charge in [0.05, 0.1) is 6.61 Å². The Bertz CT molecular complexity index is 245. The van der Waals surface area contributed by atoms with Crippen LogP contribution in [0.5, 0.6) is 0 Å². The second kappa shape index (κ2) is 21.5. The number of hydrogen-bond donors (Lipinski definition) is 1. The molecule has 0 saturated heterocycles. The molecule has 0 fully saturated rings. The number of aliphatic hydroxyl groups is 1. The van der Waals surface area contributed by atoms with Crippen molar-refractivity contribution >= 4 is 74.9 Å². The molecule has 0 aliphatic rings. The second-order valence-electron chi connectivity index (χ2n) is 6.44. The van der Waals surface area contributed by atoms with Gasteiger partial charge in [0.25, 0.3) is 0 Å². The summed E-state index contributed by atoms with van der Waals surface area (Å²) in [5.41, 5.74) is 0. The van der Waals surface area contributed by atoms with Crippen LogP contribution in [0.4, 0.5) is 0 Å². The van der Waals surface area contributed by atoms with Crippen molar-refractivity contribution in [3.63, 3.8) is 0 Å². The zero-order chi connectivity index (χ0) is 16.5. The van der Waals surface area contributed by atoms with Gasteiger partial charge in [0, 0.05) is 0 Å². The van der Waals surface area contributed by atoms with Crippen LogP contribution in [0, 0.1) is 0 Å². The van der Waals surface area contributed by atoms with Gasteiger partial charge >= 0.3 is 74.9 Å². The van der Waals surface area contributed by atoms with Crippen LogP contribution < -0.4 is 0 Å². The predicted octanol–water partition coefficient (Wildman–Crippen LogP) is 4.74. The summed E-state index contributed by atoms with van der Waals surface area (Å²) < 4.78 is 4.92. The summed E-state index contributed by atoms with van der Waals surface area (Å²) in [4.78, 5) is 11.0. The average Bonchev–Trinajstić information content (AvgIpc) is 2.50. The van der Waals surface area contributed by atoms with E-state index in [1.165, 1.54) is 84.0 Å². The molecule has 0 heterocycles. The van der Waals surface area contributed by atoms with Crippen LogP contribution in [-0.4, -0.2) is 92.7 Å². The van der Waals surface area contributed by atoms with Crippen LogP contribution in [0.15, 0.2) is 0 Å². The summed E-state index contributed by atoms with van der Waals surface area (Å²) in [5, 5.41) is 8.96. The van der Waals surface area contributed by atoms with Crippen molar-refractivity contribution in [2.45, 2.75) is 110 Å². The third-order valence-electron chi connectivity index (χ3n) is 4.08. The van der Waals surface area contributed by atoms with E-state index < -0.39 is 12.1 Å². The van der Waals surface area contributed by atoms with E-state index in [2.05, 4.69) is 6.92 Å². The van der Waals surface area contributed by atoms with E-state index in [0.29, 0.717) is 6.61 Å². The molecule has 0 radical (unpaired) electrons. The van der Waals surface area contributed by atoms with E-state index in [4.69, 9.17) is 9.84 Å². The van der Waals surface area contributed by atoms with Crippen molar-refractivity contribution in [3.8, 4) is 0 Å². The van der Waals surface area contributed by atoms with Crippen molar-refractivity contribution in [1.29, 1.82) is 0 Å². The molecule has 0 rings (SSSR count). The number of aliphatic hydroxyl groups excluding tert-OH is 1. The monoisotopic (exact) mass is 448 g/mol. The Morgan fingerprint density at radius 1 is 0.783 bits per heavy atom. The van der Waals surface area contributed by atoms with Crippen LogP contribution in [-0.2, 0) is 9.53 Å². The average molecular weight is 448 g/mol. The molecule has 3 nitrogen and oxygen atoms in total. The van der Waals surface area contributed by atoms with E-state index in [1.54, 1.807) is 0 Å². The standard InChI is InChI=1S/C19H38O3.Cs.H/c1-3-4-5-6-7-8-9-10-11-12-13-14-15-16-17-22-19(21)18(2)20;;/h18,20H,3-17H2,1-2H3;;. The Balaban J connectivity index is 0. The number of esters is 1. The molecule has 0 aromatic carbocycles. The maximum atomic E-state index is 11.0. The molecule has 1 N–H and O–H groups in total. The Hall–Kier alpha value is 1.48. The molecule has 0 aliphatic heterocycles. The first-order chi connectivity index (χ1) is 10.7. The fraction of sp³-hybridized carbons (Fsp3) is 0.947. The van der Waals surface area contributed by atoms with Gasteiger partial charge in [-0.25, -0.2) is 4.79 Å². The summed E-state index contributed by atoms with van der Waals surface area (Å²) in [6.45, 7) is 4.15. The van der Waals surface area contributed by atoms with Crippen molar-refractivity contribution in [1.82, 2.24) is 0 Å². The minimum atomic E-state index is -0.994.